The summed E-state index contributed by atoms with van der Waals surface area (Å²) >= 11 is 6.14. The monoisotopic (exact) mass is 300 g/mol. The first-order valence-corrected chi connectivity index (χ1v) is 7.14. The first kappa shape index (κ1) is 15.4. The summed E-state index contributed by atoms with van der Waals surface area (Å²) in [7, 11) is 0. The molecule has 0 aliphatic carbocycles. The van der Waals surface area contributed by atoms with Crippen LogP contribution in [0.25, 0.3) is 0 Å². The fraction of sp³-hybridized carbons (Fsp3) is 0.222. The minimum atomic E-state index is 0.0850. The molecule has 3 heteroatoms. The SMILES string of the molecule is Cc1ccc(OCc2cccc(C#CCCO)c2)c(Cl)c1. The van der Waals surface area contributed by atoms with Crippen molar-refractivity contribution in [3.05, 3.63) is 64.2 Å². The van der Waals surface area contributed by atoms with E-state index in [0.717, 1.165) is 16.7 Å². The molecule has 0 aliphatic rings. The maximum Gasteiger partial charge on any atom is 0.138 e. The fourth-order valence-electron chi connectivity index (χ4n) is 1.84. The Morgan fingerprint density at radius 1 is 1.19 bits per heavy atom. The van der Waals surface area contributed by atoms with Crippen molar-refractivity contribution in [2.45, 2.75) is 20.0 Å². The van der Waals surface area contributed by atoms with Gasteiger partial charge in [0.15, 0.2) is 0 Å². The molecule has 2 nitrogen and oxygen atoms in total. The van der Waals surface area contributed by atoms with Crippen LogP contribution >= 0.6 is 11.6 Å². The highest BCUT2D eigenvalue weighted by molar-refractivity contribution is 6.32. The third-order valence-corrected chi connectivity index (χ3v) is 3.17. The molecule has 0 aliphatic heterocycles. The van der Waals surface area contributed by atoms with Crippen molar-refractivity contribution in [3.63, 3.8) is 0 Å². The van der Waals surface area contributed by atoms with Gasteiger partial charge in [0.2, 0.25) is 0 Å². The van der Waals surface area contributed by atoms with E-state index in [1.165, 1.54) is 0 Å². The van der Waals surface area contributed by atoms with Crippen LogP contribution in [0.3, 0.4) is 0 Å². The van der Waals surface area contributed by atoms with Gasteiger partial charge in [-0.05, 0) is 42.3 Å². The van der Waals surface area contributed by atoms with E-state index in [1.54, 1.807) is 0 Å². The molecule has 0 saturated heterocycles. The van der Waals surface area contributed by atoms with Gasteiger partial charge in [-0.15, -0.1) is 0 Å². The summed E-state index contributed by atoms with van der Waals surface area (Å²) in [5.74, 6) is 6.60. The minimum absolute atomic E-state index is 0.0850. The summed E-state index contributed by atoms with van der Waals surface area (Å²) in [4.78, 5) is 0. The Hall–Kier alpha value is -1.95. The van der Waals surface area contributed by atoms with E-state index in [-0.39, 0.29) is 6.61 Å². The second-order valence-electron chi connectivity index (χ2n) is 4.70. The van der Waals surface area contributed by atoms with Gasteiger partial charge in [0.05, 0.1) is 11.6 Å². The minimum Gasteiger partial charge on any atom is -0.487 e. The molecule has 0 atom stereocenters. The highest BCUT2D eigenvalue weighted by atomic mass is 35.5. The normalized spacial score (nSPS) is 9.86. The van der Waals surface area contributed by atoms with Crippen LogP contribution in [0, 0.1) is 18.8 Å². The molecule has 0 aromatic heterocycles. The number of aryl methyl sites for hydroxylation is 1. The Balaban J connectivity index is 2.03. The van der Waals surface area contributed by atoms with Crippen molar-refractivity contribution in [1.29, 1.82) is 0 Å². The Morgan fingerprint density at radius 3 is 2.81 bits per heavy atom. The van der Waals surface area contributed by atoms with Crippen molar-refractivity contribution in [3.8, 4) is 17.6 Å². The topological polar surface area (TPSA) is 29.5 Å². The summed E-state index contributed by atoms with van der Waals surface area (Å²) < 4.78 is 5.74. The molecule has 0 radical (unpaired) electrons. The summed E-state index contributed by atoms with van der Waals surface area (Å²) in [6.45, 7) is 2.52. The highest BCUT2D eigenvalue weighted by Crippen LogP contribution is 2.26. The van der Waals surface area contributed by atoms with Gasteiger partial charge in [-0.25, -0.2) is 0 Å². The molecule has 0 unspecified atom stereocenters. The van der Waals surface area contributed by atoms with Crippen LogP contribution in [0.2, 0.25) is 5.02 Å². The number of hydrogen-bond donors (Lipinski definition) is 1. The van der Waals surface area contributed by atoms with Crippen molar-refractivity contribution >= 4 is 11.6 Å². The number of ether oxygens (including phenoxy) is 1. The van der Waals surface area contributed by atoms with Crippen LogP contribution in [-0.2, 0) is 6.61 Å². The summed E-state index contributed by atoms with van der Waals surface area (Å²) in [5.41, 5.74) is 3.05. The van der Waals surface area contributed by atoms with Crippen molar-refractivity contribution in [2.24, 2.45) is 0 Å². The number of aliphatic hydroxyl groups excluding tert-OH is 1. The van der Waals surface area contributed by atoms with Gasteiger partial charge in [-0.2, -0.15) is 0 Å². The lowest BCUT2D eigenvalue weighted by atomic mass is 10.1. The zero-order valence-corrected chi connectivity index (χ0v) is 12.7. The predicted molar refractivity (Wildman–Crippen MR) is 85.5 cm³/mol. The van der Waals surface area contributed by atoms with Crippen LogP contribution in [-0.4, -0.2) is 11.7 Å². The van der Waals surface area contributed by atoms with Gasteiger partial charge in [-0.1, -0.05) is 41.6 Å². The van der Waals surface area contributed by atoms with E-state index >= 15 is 0 Å². The lowest BCUT2D eigenvalue weighted by molar-refractivity contribution is 0.305. The van der Waals surface area contributed by atoms with Gasteiger partial charge in [-0.3, -0.25) is 0 Å². The molecule has 2 rings (SSSR count). The molecular weight excluding hydrogens is 284 g/mol. The first-order chi connectivity index (χ1) is 10.2. The molecule has 0 fully saturated rings. The number of aliphatic hydroxyl groups is 1. The van der Waals surface area contributed by atoms with E-state index in [0.29, 0.717) is 23.8 Å². The molecular formula is C18H17ClO2. The summed E-state index contributed by atoms with van der Waals surface area (Å²) in [5, 5.41) is 9.34. The molecule has 21 heavy (non-hydrogen) atoms. The van der Waals surface area contributed by atoms with Crippen LogP contribution in [0.1, 0.15) is 23.1 Å². The van der Waals surface area contributed by atoms with Crippen LogP contribution in [0.4, 0.5) is 0 Å². The number of benzene rings is 2. The van der Waals surface area contributed by atoms with Crippen molar-refractivity contribution < 1.29 is 9.84 Å². The van der Waals surface area contributed by atoms with Crippen LogP contribution in [0.15, 0.2) is 42.5 Å². The Morgan fingerprint density at radius 2 is 2.05 bits per heavy atom. The average Bonchev–Trinajstić information content (AvgIpc) is 2.47. The molecule has 2 aromatic carbocycles. The number of rotatable bonds is 4. The molecule has 108 valence electrons. The van der Waals surface area contributed by atoms with Crippen LogP contribution < -0.4 is 4.74 Å². The van der Waals surface area contributed by atoms with E-state index < -0.39 is 0 Å². The van der Waals surface area contributed by atoms with E-state index in [4.69, 9.17) is 21.4 Å². The van der Waals surface area contributed by atoms with E-state index in [2.05, 4.69) is 11.8 Å². The van der Waals surface area contributed by atoms with Gasteiger partial charge in [0.25, 0.3) is 0 Å². The summed E-state index contributed by atoms with van der Waals surface area (Å²) in [6, 6.07) is 13.6. The average molecular weight is 301 g/mol. The van der Waals surface area contributed by atoms with E-state index in [1.807, 2.05) is 49.4 Å². The van der Waals surface area contributed by atoms with Crippen molar-refractivity contribution in [2.75, 3.05) is 6.61 Å². The Kier molecular flexibility index (Phi) is 5.68. The first-order valence-electron chi connectivity index (χ1n) is 6.76. The standard InChI is InChI=1S/C18H17ClO2/c1-14-8-9-18(17(19)11-14)21-13-16-7-4-6-15(12-16)5-2-3-10-20/h4,6-9,11-12,20H,3,10,13H2,1H3. The fourth-order valence-corrected chi connectivity index (χ4v) is 2.13. The molecule has 0 bridgehead atoms. The predicted octanol–water partition coefficient (Wildman–Crippen LogP) is 3.96. The second kappa shape index (κ2) is 7.73. The summed E-state index contributed by atoms with van der Waals surface area (Å²) in [6.07, 6.45) is 0.486. The molecule has 0 amide bonds. The third kappa shape index (κ3) is 4.82. The lowest BCUT2D eigenvalue weighted by Crippen LogP contribution is -1.96. The largest absolute Gasteiger partial charge is 0.487 e. The molecule has 2 aromatic rings. The van der Waals surface area contributed by atoms with Gasteiger partial charge >= 0.3 is 0 Å². The number of hydrogen-bond acceptors (Lipinski definition) is 2. The van der Waals surface area contributed by atoms with Gasteiger partial charge in [0, 0.05) is 12.0 Å². The van der Waals surface area contributed by atoms with E-state index in [9.17, 15) is 0 Å². The second-order valence-corrected chi connectivity index (χ2v) is 5.11. The molecule has 0 spiro atoms. The smallest absolute Gasteiger partial charge is 0.138 e. The number of halogens is 1. The highest BCUT2D eigenvalue weighted by Gasteiger charge is 2.02. The third-order valence-electron chi connectivity index (χ3n) is 2.88. The zero-order valence-electron chi connectivity index (χ0n) is 11.9. The maximum atomic E-state index is 8.72. The Bertz CT molecular complexity index is 668. The molecule has 1 N–H and O–H groups in total. The molecule has 0 saturated carbocycles. The quantitative estimate of drug-likeness (QED) is 0.866. The van der Waals surface area contributed by atoms with Gasteiger partial charge in [0.1, 0.15) is 12.4 Å². The van der Waals surface area contributed by atoms with Crippen LogP contribution in [0.5, 0.6) is 5.75 Å². The Labute approximate surface area is 130 Å². The zero-order chi connectivity index (χ0) is 15.1. The van der Waals surface area contributed by atoms with Gasteiger partial charge < -0.3 is 9.84 Å². The lowest BCUT2D eigenvalue weighted by Gasteiger charge is -2.09. The van der Waals surface area contributed by atoms with Crippen molar-refractivity contribution in [1.82, 2.24) is 0 Å². The molecule has 0 heterocycles. The maximum absolute atomic E-state index is 8.72.